The largest absolute Gasteiger partial charge is 0.281 e. The number of rotatable bonds is 4. The molecular formula is C16H18N2OS. The molecule has 1 aromatic carbocycles. The zero-order valence-electron chi connectivity index (χ0n) is 11.9. The molecule has 1 N–H and O–H groups in total. The molecule has 0 radical (unpaired) electrons. The van der Waals surface area contributed by atoms with Crippen LogP contribution in [0.4, 0.5) is 0 Å². The first-order chi connectivity index (χ1) is 9.56. The Hall–Kier alpha value is -1.94. The van der Waals surface area contributed by atoms with E-state index in [9.17, 15) is 4.79 Å². The smallest absolute Gasteiger partial charge is 0.266 e. The highest BCUT2D eigenvalue weighted by Crippen LogP contribution is 2.15. The fourth-order valence-corrected chi connectivity index (χ4v) is 2.50. The number of benzene rings is 1. The first kappa shape index (κ1) is 14.5. The van der Waals surface area contributed by atoms with Crippen molar-refractivity contribution in [3.05, 3.63) is 57.3 Å². The molecule has 2 rings (SSSR count). The van der Waals surface area contributed by atoms with Crippen LogP contribution < -0.4 is 5.43 Å². The average molecular weight is 286 g/mol. The molecule has 0 aliphatic rings. The number of amides is 1. The molecule has 4 heteroatoms. The first-order valence-electron chi connectivity index (χ1n) is 6.56. The molecule has 2 aromatic rings. The summed E-state index contributed by atoms with van der Waals surface area (Å²) in [6.45, 7) is 6.29. The van der Waals surface area contributed by atoms with E-state index in [1.807, 2.05) is 31.2 Å². The lowest BCUT2D eigenvalue weighted by Gasteiger charge is -2.04. The monoisotopic (exact) mass is 286 g/mol. The predicted molar refractivity (Wildman–Crippen MR) is 84.6 cm³/mol. The fraction of sp³-hybridized carbons (Fsp3) is 0.250. The number of hydrogen-bond acceptors (Lipinski definition) is 3. The average Bonchev–Trinajstić information content (AvgIpc) is 2.86. The van der Waals surface area contributed by atoms with E-state index in [4.69, 9.17) is 0 Å². The Morgan fingerprint density at radius 3 is 2.45 bits per heavy atom. The molecule has 1 amide bonds. The van der Waals surface area contributed by atoms with Crippen molar-refractivity contribution in [3.8, 4) is 0 Å². The summed E-state index contributed by atoms with van der Waals surface area (Å²) in [5.41, 5.74) is 4.80. The van der Waals surface area contributed by atoms with Crippen molar-refractivity contribution in [2.45, 2.75) is 26.7 Å². The van der Waals surface area contributed by atoms with Crippen molar-refractivity contribution in [2.24, 2.45) is 5.10 Å². The van der Waals surface area contributed by atoms with Gasteiger partial charge in [-0.15, -0.1) is 11.3 Å². The van der Waals surface area contributed by atoms with E-state index < -0.39 is 0 Å². The molecule has 0 spiro atoms. The van der Waals surface area contributed by atoms with Crippen LogP contribution in [0.2, 0.25) is 0 Å². The van der Waals surface area contributed by atoms with Gasteiger partial charge in [0.1, 0.15) is 0 Å². The Labute approximate surface area is 123 Å². The number of nitrogens with one attached hydrogen (secondary N) is 1. The van der Waals surface area contributed by atoms with Crippen molar-refractivity contribution in [2.75, 3.05) is 0 Å². The van der Waals surface area contributed by atoms with Gasteiger partial charge in [0.05, 0.1) is 11.1 Å². The summed E-state index contributed by atoms with van der Waals surface area (Å²) in [4.78, 5) is 13.6. The molecule has 0 aliphatic heterocycles. The van der Waals surface area contributed by atoms with Crippen LogP contribution in [-0.2, 0) is 0 Å². The lowest BCUT2D eigenvalue weighted by atomic mass is 10.0. The van der Waals surface area contributed by atoms with E-state index in [0.717, 1.165) is 10.4 Å². The molecule has 0 fully saturated rings. The number of carbonyl (C=O) groups is 1. The van der Waals surface area contributed by atoms with E-state index in [-0.39, 0.29) is 5.91 Å². The lowest BCUT2D eigenvalue weighted by Crippen LogP contribution is -2.16. The molecule has 0 atom stereocenters. The Kier molecular flexibility index (Phi) is 4.69. The van der Waals surface area contributed by atoms with Crippen molar-refractivity contribution < 1.29 is 4.79 Å². The third-order valence-electron chi connectivity index (χ3n) is 2.95. The zero-order chi connectivity index (χ0) is 14.5. The highest BCUT2D eigenvalue weighted by atomic mass is 32.1. The number of hydrogen-bond donors (Lipinski definition) is 1. The minimum atomic E-state index is -0.168. The van der Waals surface area contributed by atoms with Gasteiger partial charge in [0, 0.05) is 4.88 Å². The second-order valence-corrected chi connectivity index (χ2v) is 6.22. The number of carbonyl (C=O) groups excluding carboxylic acids is 1. The third kappa shape index (κ3) is 3.78. The Bertz CT molecular complexity index is 612. The molecule has 0 unspecified atom stereocenters. The van der Waals surface area contributed by atoms with Crippen LogP contribution in [0.1, 0.15) is 45.4 Å². The summed E-state index contributed by atoms with van der Waals surface area (Å²) in [5.74, 6) is 0.348. The second kappa shape index (κ2) is 6.48. The number of hydrazone groups is 1. The molecule has 104 valence electrons. The minimum Gasteiger partial charge on any atom is -0.266 e. The molecule has 0 saturated heterocycles. The molecule has 20 heavy (non-hydrogen) atoms. The summed E-state index contributed by atoms with van der Waals surface area (Å²) in [6, 6.07) is 11.9. The SMILES string of the molecule is Cc1ccc(C(=O)N/N=C\c2ccc(C(C)C)cc2)s1. The van der Waals surface area contributed by atoms with Gasteiger partial charge >= 0.3 is 0 Å². The Morgan fingerprint density at radius 1 is 1.20 bits per heavy atom. The van der Waals surface area contributed by atoms with Crippen LogP contribution >= 0.6 is 11.3 Å². The molecular weight excluding hydrogens is 268 g/mol. The van der Waals surface area contributed by atoms with Crippen molar-refractivity contribution in [3.63, 3.8) is 0 Å². The topological polar surface area (TPSA) is 41.5 Å². The molecule has 0 saturated carbocycles. The number of nitrogens with zero attached hydrogens (tertiary/aromatic N) is 1. The van der Waals surface area contributed by atoms with E-state index in [2.05, 4.69) is 36.5 Å². The molecule has 3 nitrogen and oxygen atoms in total. The summed E-state index contributed by atoms with van der Waals surface area (Å²) in [5, 5.41) is 3.98. The van der Waals surface area contributed by atoms with Crippen molar-refractivity contribution in [1.29, 1.82) is 0 Å². The second-order valence-electron chi connectivity index (χ2n) is 4.93. The van der Waals surface area contributed by atoms with Gasteiger partial charge in [-0.2, -0.15) is 5.10 Å². The highest BCUT2D eigenvalue weighted by molar-refractivity contribution is 7.13. The van der Waals surface area contributed by atoms with Gasteiger partial charge in [0.2, 0.25) is 0 Å². The maximum Gasteiger partial charge on any atom is 0.281 e. The van der Waals surface area contributed by atoms with Gasteiger partial charge in [-0.25, -0.2) is 5.43 Å². The maximum absolute atomic E-state index is 11.8. The quantitative estimate of drug-likeness (QED) is 0.671. The van der Waals surface area contributed by atoms with Crippen LogP contribution in [0.3, 0.4) is 0 Å². The molecule has 1 heterocycles. The Balaban J connectivity index is 1.94. The van der Waals surface area contributed by atoms with Crippen LogP contribution in [-0.4, -0.2) is 12.1 Å². The van der Waals surface area contributed by atoms with Gasteiger partial charge in [-0.3, -0.25) is 4.79 Å². The third-order valence-corrected chi connectivity index (χ3v) is 3.95. The molecule has 1 aromatic heterocycles. The summed E-state index contributed by atoms with van der Waals surface area (Å²) < 4.78 is 0. The molecule has 0 bridgehead atoms. The van der Waals surface area contributed by atoms with Gasteiger partial charge in [0.25, 0.3) is 5.91 Å². The Morgan fingerprint density at radius 2 is 1.90 bits per heavy atom. The normalized spacial score (nSPS) is 11.2. The molecule has 0 aliphatic carbocycles. The van der Waals surface area contributed by atoms with E-state index in [1.54, 1.807) is 6.21 Å². The lowest BCUT2D eigenvalue weighted by molar-refractivity contribution is 0.0959. The predicted octanol–water partition coefficient (Wildman–Crippen LogP) is 3.94. The first-order valence-corrected chi connectivity index (χ1v) is 7.37. The van der Waals surface area contributed by atoms with E-state index >= 15 is 0 Å². The number of aryl methyl sites for hydroxylation is 1. The minimum absolute atomic E-state index is 0.168. The standard InChI is InChI=1S/C16H18N2OS/c1-11(2)14-7-5-13(6-8-14)10-17-18-16(19)15-9-4-12(3)20-15/h4-11H,1-3H3,(H,18,19)/b17-10-. The van der Waals surface area contributed by atoms with E-state index in [0.29, 0.717) is 10.8 Å². The van der Waals surface area contributed by atoms with Gasteiger partial charge < -0.3 is 0 Å². The zero-order valence-corrected chi connectivity index (χ0v) is 12.7. The van der Waals surface area contributed by atoms with Gasteiger partial charge in [0.15, 0.2) is 0 Å². The van der Waals surface area contributed by atoms with Crippen LogP contribution in [0.15, 0.2) is 41.5 Å². The summed E-state index contributed by atoms with van der Waals surface area (Å²) in [7, 11) is 0. The van der Waals surface area contributed by atoms with Gasteiger partial charge in [-0.05, 0) is 36.1 Å². The van der Waals surface area contributed by atoms with Crippen LogP contribution in [0, 0.1) is 6.92 Å². The summed E-state index contributed by atoms with van der Waals surface area (Å²) >= 11 is 1.46. The fourth-order valence-electron chi connectivity index (χ4n) is 1.74. The van der Waals surface area contributed by atoms with Crippen LogP contribution in [0.25, 0.3) is 0 Å². The van der Waals surface area contributed by atoms with Crippen molar-refractivity contribution >= 4 is 23.5 Å². The van der Waals surface area contributed by atoms with Gasteiger partial charge in [-0.1, -0.05) is 38.1 Å². The highest BCUT2D eigenvalue weighted by Gasteiger charge is 2.05. The van der Waals surface area contributed by atoms with Crippen LogP contribution in [0.5, 0.6) is 0 Å². The summed E-state index contributed by atoms with van der Waals surface area (Å²) in [6.07, 6.45) is 1.66. The van der Waals surface area contributed by atoms with Crippen molar-refractivity contribution in [1.82, 2.24) is 5.43 Å². The number of thiophene rings is 1. The van der Waals surface area contributed by atoms with E-state index in [1.165, 1.54) is 16.9 Å². The maximum atomic E-state index is 11.8.